The Bertz CT molecular complexity index is 228. The minimum absolute atomic E-state index is 0.371. The second-order valence-electron chi connectivity index (χ2n) is 4.20. The molecule has 0 fully saturated rings. The Morgan fingerprint density at radius 2 is 1.83 bits per heavy atom. The quantitative estimate of drug-likeness (QED) is 0.246. The molecule has 0 N–H and O–H groups in total. The standard InChI is InChI=1S/C14H26O4/c1-5-7-8-9-10-11-16-12(3)17-13(4)18-14(15)6-2/h6,12-13H,2,5,7-11H2,1,3-4H3. The average molecular weight is 258 g/mol. The zero-order valence-electron chi connectivity index (χ0n) is 11.8. The summed E-state index contributed by atoms with van der Waals surface area (Å²) in [5, 5.41) is 0. The smallest absolute Gasteiger partial charge is 0.332 e. The van der Waals surface area contributed by atoms with Gasteiger partial charge in [0.1, 0.15) is 0 Å². The second kappa shape index (κ2) is 11.2. The summed E-state index contributed by atoms with van der Waals surface area (Å²) >= 11 is 0. The molecule has 0 bridgehead atoms. The van der Waals surface area contributed by atoms with E-state index < -0.39 is 12.3 Å². The van der Waals surface area contributed by atoms with Gasteiger partial charge in [0.25, 0.3) is 0 Å². The number of ether oxygens (including phenoxy) is 3. The zero-order chi connectivity index (χ0) is 13.8. The highest BCUT2D eigenvalue weighted by molar-refractivity contribution is 5.81. The van der Waals surface area contributed by atoms with Crippen molar-refractivity contribution in [2.45, 2.75) is 65.5 Å². The summed E-state index contributed by atoms with van der Waals surface area (Å²) in [6.07, 6.45) is 6.11. The van der Waals surface area contributed by atoms with Crippen molar-refractivity contribution in [3.05, 3.63) is 12.7 Å². The van der Waals surface area contributed by atoms with Gasteiger partial charge in [-0.3, -0.25) is 0 Å². The highest BCUT2D eigenvalue weighted by Crippen LogP contribution is 2.06. The van der Waals surface area contributed by atoms with Crippen LogP contribution in [-0.2, 0) is 19.0 Å². The van der Waals surface area contributed by atoms with Crippen molar-refractivity contribution in [1.82, 2.24) is 0 Å². The van der Waals surface area contributed by atoms with E-state index in [0.29, 0.717) is 6.61 Å². The first-order valence-electron chi connectivity index (χ1n) is 6.70. The molecule has 0 heterocycles. The van der Waals surface area contributed by atoms with Crippen molar-refractivity contribution in [2.75, 3.05) is 6.61 Å². The maximum Gasteiger partial charge on any atom is 0.332 e. The molecule has 0 aliphatic rings. The third kappa shape index (κ3) is 10.3. The molecule has 0 spiro atoms. The van der Waals surface area contributed by atoms with E-state index in [-0.39, 0.29) is 6.29 Å². The first-order chi connectivity index (χ1) is 8.60. The average Bonchev–Trinajstić information content (AvgIpc) is 2.33. The molecular formula is C14H26O4. The molecule has 0 aromatic rings. The SMILES string of the molecule is C=CC(=O)OC(C)OC(C)OCCCCCCC. The van der Waals surface area contributed by atoms with Gasteiger partial charge >= 0.3 is 5.97 Å². The third-order valence-corrected chi connectivity index (χ3v) is 2.43. The Morgan fingerprint density at radius 1 is 1.17 bits per heavy atom. The molecule has 0 saturated heterocycles. The van der Waals surface area contributed by atoms with Crippen LogP contribution in [0.5, 0.6) is 0 Å². The highest BCUT2D eigenvalue weighted by Gasteiger charge is 2.11. The van der Waals surface area contributed by atoms with Crippen LogP contribution in [-0.4, -0.2) is 25.2 Å². The molecule has 2 atom stereocenters. The van der Waals surface area contributed by atoms with Gasteiger partial charge in [0.2, 0.25) is 6.29 Å². The lowest BCUT2D eigenvalue weighted by Crippen LogP contribution is -2.24. The van der Waals surface area contributed by atoms with E-state index in [9.17, 15) is 4.79 Å². The number of hydrogen-bond donors (Lipinski definition) is 0. The Morgan fingerprint density at radius 3 is 2.44 bits per heavy atom. The summed E-state index contributed by atoms with van der Waals surface area (Å²) in [5.74, 6) is -0.491. The van der Waals surface area contributed by atoms with Crippen molar-refractivity contribution in [1.29, 1.82) is 0 Å². The first kappa shape index (κ1) is 17.1. The van der Waals surface area contributed by atoms with Crippen LogP contribution in [0, 0.1) is 0 Å². The molecule has 4 nitrogen and oxygen atoms in total. The molecule has 0 amide bonds. The van der Waals surface area contributed by atoms with Crippen LogP contribution in [0.2, 0.25) is 0 Å². The molecule has 4 heteroatoms. The van der Waals surface area contributed by atoms with Crippen LogP contribution in [0.25, 0.3) is 0 Å². The van der Waals surface area contributed by atoms with Crippen LogP contribution in [0.15, 0.2) is 12.7 Å². The summed E-state index contributed by atoms with van der Waals surface area (Å²) in [6, 6.07) is 0. The summed E-state index contributed by atoms with van der Waals surface area (Å²) < 4.78 is 15.7. The molecular weight excluding hydrogens is 232 g/mol. The van der Waals surface area contributed by atoms with E-state index in [1.54, 1.807) is 13.8 Å². The minimum Gasteiger partial charge on any atom is -0.433 e. The van der Waals surface area contributed by atoms with Gasteiger partial charge in [0, 0.05) is 12.7 Å². The predicted molar refractivity (Wildman–Crippen MR) is 71.0 cm³/mol. The molecule has 0 aliphatic carbocycles. The van der Waals surface area contributed by atoms with E-state index in [2.05, 4.69) is 13.5 Å². The molecule has 0 radical (unpaired) electrons. The van der Waals surface area contributed by atoms with E-state index in [1.807, 2.05) is 0 Å². The van der Waals surface area contributed by atoms with E-state index in [1.165, 1.54) is 25.7 Å². The topological polar surface area (TPSA) is 44.8 Å². The largest absolute Gasteiger partial charge is 0.433 e. The summed E-state index contributed by atoms with van der Waals surface area (Å²) in [6.45, 7) is 9.63. The molecule has 0 saturated carbocycles. The maximum absolute atomic E-state index is 10.9. The van der Waals surface area contributed by atoms with Gasteiger partial charge in [0.15, 0.2) is 6.29 Å². The predicted octanol–water partition coefficient (Wildman–Crippen LogP) is 3.41. The van der Waals surface area contributed by atoms with Crippen molar-refractivity contribution in [3.8, 4) is 0 Å². The van der Waals surface area contributed by atoms with Crippen LogP contribution < -0.4 is 0 Å². The number of carbonyl (C=O) groups is 1. The number of hydrogen-bond acceptors (Lipinski definition) is 4. The van der Waals surface area contributed by atoms with Crippen molar-refractivity contribution >= 4 is 5.97 Å². The first-order valence-corrected chi connectivity index (χ1v) is 6.70. The normalized spacial score (nSPS) is 13.9. The van der Waals surface area contributed by atoms with Gasteiger partial charge in [-0.2, -0.15) is 0 Å². The molecule has 2 unspecified atom stereocenters. The number of rotatable bonds is 11. The van der Waals surface area contributed by atoms with Gasteiger partial charge in [-0.1, -0.05) is 39.2 Å². The van der Waals surface area contributed by atoms with E-state index >= 15 is 0 Å². The maximum atomic E-state index is 10.9. The fourth-order valence-electron chi connectivity index (χ4n) is 1.50. The monoisotopic (exact) mass is 258 g/mol. The highest BCUT2D eigenvalue weighted by atomic mass is 16.8. The summed E-state index contributed by atoms with van der Waals surface area (Å²) in [7, 11) is 0. The third-order valence-electron chi connectivity index (χ3n) is 2.43. The van der Waals surface area contributed by atoms with Crippen LogP contribution in [0.4, 0.5) is 0 Å². The van der Waals surface area contributed by atoms with E-state index in [4.69, 9.17) is 14.2 Å². The van der Waals surface area contributed by atoms with Crippen LogP contribution >= 0.6 is 0 Å². The van der Waals surface area contributed by atoms with Crippen molar-refractivity contribution in [3.63, 3.8) is 0 Å². The summed E-state index contributed by atoms with van der Waals surface area (Å²) in [5.41, 5.74) is 0. The Hall–Kier alpha value is -0.870. The van der Waals surface area contributed by atoms with Gasteiger partial charge in [0.05, 0.1) is 0 Å². The molecule has 18 heavy (non-hydrogen) atoms. The van der Waals surface area contributed by atoms with Gasteiger partial charge < -0.3 is 14.2 Å². The molecule has 0 aromatic carbocycles. The lowest BCUT2D eigenvalue weighted by atomic mass is 10.2. The lowest BCUT2D eigenvalue weighted by molar-refractivity contribution is -0.226. The molecule has 106 valence electrons. The van der Waals surface area contributed by atoms with Gasteiger partial charge in [-0.05, 0) is 20.3 Å². The van der Waals surface area contributed by atoms with Gasteiger partial charge in [-0.15, -0.1) is 0 Å². The molecule has 0 rings (SSSR count). The molecule has 0 aromatic heterocycles. The number of carbonyl (C=O) groups excluding carboxylic acids is 1. The molecule has 0 aliphatic heterocycles. The Labute approximate surface area is 110 Å². The van der Waals surface area contributed by atoms with E-state index in [0.717, 1.165) is 12.5 Å². The van der Waals surface area contributed by atoms with Crippen molar-refractivity contribution in [2.24, 2.45) is 0 Å². The van der Waals surface area contributed by atoms with Crippen LogP contribution in [0.1, 0.15) is 52.9 Å². The Balaban J connectivity index is 3.49. The zero-order valence-corrected chi connectivity index (χ0v) is 11.8. The van der Waals surface area contributed by atoms with Gasteiger partial charge in [-0.25, -0.2) is 4.79 Å². The van der Waals surface area contributed by atoms with Crippen LogP contribution in [0.3, 0.4) is 0 Å². The second-order valence-corrected chi connectivity index (χ2v) is 4.20. The lowest BCUT2D eigenvalue weighted by Gasteiger charge is -2.19. The van der Waals surface area contributed by atoms with Crippen molar-refractivity contribution < 1.29 is 19.0 Å². The fourth-order valence-corrected chi connectivity index (χ4v) is 1.50. The minimum atomic E-state index is -0.620. The Kier molecular flexibility index (Phi) is 10.7. The fraction of sp³-hybridized carbons (Fsp3) is 0.786. The number of unbranched alkanes of at least 4 members (excludes halogenated alkanes) is 4. The summed E-state index contributed by atoms with van der Waals surface area (Å²) in [4.78, 5) is 10.9. The number of esters is 1.